The summed E-state index contributed by atoms with van der Waals surface area (Å²) in [5.41, 5.74) is -2.83. The number of allylic oxidation sites excluding steroid dienone is 1. The first kappa shape index (κ1) is 52.4. The molecule has 0 aromatic rings. The molecule has 3 heterocycles. The van der Waals surface area contributed by atoms with Gasteiger partial charge < -0.3 is 84.2 Å². The zero-order valence-electron chi connectivity index (χ0n) is 40.7. The molecule has 7 fully saturated rings. The maximum Gasteiger partial charge on any atom is 0.315 e. The fourth-order valence-electron chi connectivity index (χ4n) is 15.3. The predicted molar refractivity (Wildman–Crippen MR) is 235 cm³/mol. The number of aliphatic hydroxyl groups is 10. The number of hydrogen-bond donors (Lipinski definition) is 10. The Labute approximate surface area is 398 Å². The highest BCUT2D eigenvalue weighted by Crippen LogP contribution is 2.76. The molecule has 19 heteroatoms. The minimum Gasteiger partial charge on any atom is -0.454 e. The topological polar surface area (TPSA) is 301 Å². The van der Waals surface area contributed by atoms with Crippen LogP contribution in [0.15, 0.2) is 11.6 Å². The lowest BCUT2D eigenvalue weighted by Gasteiger charge is -2.72. The second-order valence-electron chi connectivity index (χ2n) is 23.3. The van der Waals surface area contributed by atoms with E-state index in [1.807, 2.05) is 13.8 Å². The lowest BCUT2D eigenvalue weighted by atomic mass is 9.33. The SMILES string of the molecule is CC(=O)O[C@H]1[C@H](O[C@H]2CC[C@@]3(C)C(CC[C@]4(C)C3CC=C3[C@H]5[C@](C(=O)O[C@@H]6O[C@H](CO)[C@@H](O)[C@H](O)[C@H]6O)(CC[C@@H](C)[C@@]5(C)O)CC[C@]34C)C2(C)C)OC[C@H](O)[C@@H]1O[C@@H]1O[C@H](CO)[C@@H](O)[C@H](O)[C@H]1O. The van der Waals surface area contributed by atoms with Gasteiger partial charge in [0.1, 0.15) is 61.0 Å². The maximum absolute atomic E-state index is 14.8. The molecular formula is C49H78O19. The summed E-state index contributed by atoms with van der Waals surface area (Å²) >= 11 is 0. The largest absolute Gasteiger partial charge is 0.454 e. The molecule has 4 saturated carbocycles. The summed E-state index contributed by atoms with van der Waals surface area (Å²) in [4.78, 5) is 27.3. The van der Waals surface area contributed by atoms with Crippen molar-refractivity contribution in [2.24, 2.45) is 50.7 Å². The summed E-state index contributed by atoms with van der Waals surface area (Å²) in [6.07, 6.45) is -13.7. The maximum atomic E-state index is 14.8. The van der Waals surface area contributed by atoms with Gasteiger partial charge in [0.25, 0.3) is 0 Å². The first-order chi connectivity index (χ1) is 31.7. The van der Waals surface area contributed by atoms with Crippen LogP contribution in [0, 0.1) is 50.7 Å². The van der Waals surface area contributed by atoms with E-state index in [2.05, 4.69) is 40.7 Å². The summed E-state index contributed by atoms with van der Waals surface area (Å²) in [5, 5.41) is 107. The highest BCUT2D eigenvalue weighted by atomic mass is 16.7. The van der Waals surface area contributed by atoms with Gasteiger partial charge in [0.15, 0.2) is 18.7 Å². The highest BCUT2D eigenvalue weighted by Gasteiger charge is 2.72. The average Bonchev–Trinajstić information content (AvgIpc) is 3.27. The van der Waals surface area contributed by atoms with Crippen LogP contribution in [-0.4, -0.2) is 181 Å². The molecule has 68 heavy (non-hydrogen) atoms. The molecule has 0 aromatic heterocycles. The standard InChI is InChI=1S/C49H78O19/c1-22-11-16-49(43(60)68-41-36(59)34(57)32(55)27(20-51)65-41)18-17-46(6)24(39(49)48(22,8)61)9-10-29-45(5)14-13-30(44(3,4)28(45)12-15-47(29,46)7)66-42-38(63-23(2)52)37(25(53)21-62-42)67-40-35(58)33(56)31(54)26(19-50)64-40/h9,22,25-42,50-51,53-59,61H,10-21H2,1-8H3/t22-,25+,26-,27-,28?,29?,30+,31-,32-,33+,34+,35-,36-,37+,38-,39-,40+,41+,42+,45+,46-,47-,48-,49+/m1/s1. The third kappa shape index (κ3) is 8.04. The highest BCUT2D eigenvalue weighted by molar-refractivity contribution is 5.79. The summed E-state index contributed by atoms with van der Waals surface area (Å²) in [7, 11) is 0. The number of aliphatic hydroxyl groups excluding tert-OH is 9. The lowest BCUT2D eigenvalue weighted by molar-refractivity contribution is -0.357. The Morgan fingerprint density at radius 2 is 1.31 bits per heavy atom. The zero-order valence-corrected chi connectivity index (χ0v) is 40.7. The molecule has 24 atom stereocenters. The van der Waals surface area contributed by atoms with Gasteiger partial charge in [-0.25, -0.2) is 0 Å². The van der Waals surface area contributed by atoms with Crippen molar-refractivity contribution in [2.45, 2.75) is 211 Å². The Morgan fingerprint density at radius 1 is 0.691 bits per heavy atom. The Balaban J connectivity index is 1.04. The third-order valence-corrected chi connectivity index (χ3v) is 19.6. The molecule has 3 aliphatic heterocycles. The van der Waals surface area contributed by atoms with Crippen molar-refractivity contribution >= 4 is 11.9 Å². The number of carbonyl (C=O) groups is 2. The molecule has 10 N–H and O–H groups in total. The molecule has 19 nitrogen and oxygen atoms in total. The number of fused-ring (bicyclic) bond motifs is 7. The molecule has 0 amide bonds. The second-order valence-corrected chi connectivity index (χ2v) is 23.3. The van der Waals surface area contributed by atoms with Gasteiger partial charge in [-0.2, -0.15) is 0 Å². The Morgan fingerprint density at radius 3 is 1.93 bits per heavy atom. The summed E-state index contributed by atoms with van der Waals surface area (Å²) in [6.45, 7) is 14.8. The molecule has 8 aliphatic rings. The lowest BCUT2D eigenvalue weighted by Crippen LogP contribution is -2.68. The van der Waals surface area contributed by atoms with Crippen molar-refractivity contribution in [1.29, 1.82) is 0 Å². The van der Waals surface area contributed by atoms with Crippen molar-refractivity contribution in [3.8, 4) is 0 Å². The van der Waals surface area contributed by atoms with Crippen molar-refractivity contribution in [3.63, 3.8) is 0 Å². The van der Waals surface area contributed by atoms with Crippen molar-refractivity contribution in [2.75, 3.05) is 19.8 Å². The van der Waals surface area contributed by atoms with Crippen LogP contribution in [0.2, 0.25) is 0 Å². The smallest absolute Gasteiger partial charge is 0.315 e. The molecule has 0 aromatic carbocycles. The number of carbonyl (C=O) groups excluding carboxylic acids is 2. The van der Waals surface area contributed by atoms with Gasteiger partial charge in [-0.1, -0.05) is 53.2 Å². The van der Waals surface area contributed by atoms with E-state index in [0.717, 1.165) is 24.8 Å². The Bertz CT molecular complexity index is 1890. The van der Waals surface area contributed by atoms with Crippen LogP contribution in [0.25, 0.3) is 0 Å². The van der Waals surface area contributed by atoms with Crippen molar-refractivity contribution in [3.05, 3.63) is 11.6 Å². The normalized spacial score (nSPS) is 53.4. The number of ether oxygens (including phenoxy) is 7. The zero-order chi connectivity index (χ0) is 49.8. The quantitative estimate of drug-likeness (QED) is 0.0846. The van der Waals surface area contributed by atoms with Crippen molar-refractivity contribution < 1.29 is 93.8 Å². The Hall–Kier alpha value is -1.92. The first-order valence-corrected chi connectivity index (χ1v) is 24.8. The van der Waals surface area contributed by atoms with E-state index in [1.54, 1.807) is 0 Å². The van der Waals surface area contributed by atoms with E-state index in [4.69, 9.17) is 33.2 Å². The van der Waals surface area contributed by atoms with Crippen molar-refractivity contribution in [1.82, 2.24) is 0 Å². The Kier molecular flexibility index (Phi) is 14.3. The number of hydrogen-bond acceptors (Lipinski definition) is 19. The minimum atomic E-state index is -1.77. The van der Waals surface area contributed by atoms with Gasteiger partial charge in [-0.05, 0) is 104 Å². The van der Waals surface area contributed by atoms with Gasteiger partial charge in [0, 0.05) is 12.8 Å². The molecule has 0 bridgehead atoms. The average molecular weight is 971 g/mol. The fraction of sp³-hybridized carbons (Fsp3) is 0.918. The summed E-state index contributed by atoms with van der Waals surface area (Å²) in [5.74, 6) is -1.82. The van der Waals surface area contributed by atoms with Crippen LogP contribution in [0.3, 0.4) is 0 Å². The van der Waals surface area contributed by atoms with Gasteiger partial charge in [0.05, 0.1) is 36.9 Å². The minimum absolute atomic E-state index is 0.141. The molecular weight excluding hydrogens is 893 g/mol. The monoisotopic (exact) mass is 971 g/mol. The van der Waals surface area contributed by atoms with E-state index in [9.17, 15) is 60.7 Å². The molecule has 2 unspecified atom stereocenters. The molecule has 3 saturated heterocycles. The third-order valence-electron chi connectivity index (χ3n) is 19.6. The van der Waals surface area contributed by atoms with E-state index in [0.29, 0.717) is 38.5 Å². The summed E-state index contributed by atoms with van der Waals surface area (Å²) < 4.78 is 41.8. The molecule has 0 spiro atoms. The second kappa shape index (κ2) is 18.5. The summed E-state index contributed by atoms with van der Waals surface area (Å²) in [6, 6.07) is 0. The van der Waals surface area contributed by atoms with E-state index >= 15 is 0 Å². The van der Waals surface area contributed by atoms with Crippen LogP contribution in [-0.2, 0) is 42.7 Å². The molecule has 5 aliphatic carbocycles. The van der Waals surface area contributed by atoms with Gasteiger partial charge in [0.2, 0.25) is 6.29 Å². The predicted octanol–water partition coefficient (Wildman–Crippen LogP) is 0.321. The van der Waals surface area contributed by atoms with E-state index < -0.39 is 145 Å². The van der Waals surface area contributed by atoms with Crippen LogP contribution in [0.1, 0.15) is 113 Å². The van der Waals surface area contributed by atoms with Crippen LogP contribution >= 0.6 is 0 Å². The molecule has 388 valence electrons. The van der Waals surface area contributed by atoms with Gasteiger partial charge in [-0.15, -0.1) is 0 Å². The van der Waals surface area contributed by atoms with Gasteiger partial charge in [-0.3, -0.25) is 9.59 Å². The molecule has 0 radical (unpaired) electrons. The van der Waals surface area contributed by atoms with Gasteiger partial charge >= 0.3 is 11.9 Å². The fourth-order valence-corrected chi connectivity index (χ4v) is 15.3. The van der Waals surface area contributed by atoms with Crippen LogP contribution in [0.4, 0.5) is 0 Å². The van der Waals surface area contributed by atoms with Crippen LogP contribution in [0.5, 0.6) is 0 Å². The number of rotatable bonds is 9. The van der Waals surface area contributed by atoms with E-state index in [1.165, 1.54) is 6.92 Å². The first-order valence-electron chi connectivity index (χ1n) is 24.8. The van der Waals surface area contributed by atoms with E-state index in [-0.39, 0.29) is 35.2 Å². The molecule has 8 rings (SSSR count). The van der Waals surface area contributed by atoms with Crippen LogP contribution < -0.4 is 0 Å². The number of esters is 2.